The number of hydrogen-bond acceptors (Lipinski definition) is 2. The Balaban J connectivity index is 2.98. The van der Waals surface area contributed by atoms with E-state index in [-0.39, 0.29) is 5.75 Å². The molecule has 0 aliphatic rings. The fraction of sp³-hybridized carbons (Fsp3) is 0.100. The first-order chi connectivity index (χ1) is 7.76. The van der Waals surface area contributed by atoms with Crippen LogP contribution in [0.2, 0.25) is 0 Å². The Hall–Kier alpha value is -1.25. The summed E-state index contributed by atoms with van der Waals surface area (Å²) in [4.78, 5) is 10.3. The first-order valence-corrected chi connectivity index (χ1v) is 5.31. The molecule has 0 radical (unpaired) electrons. The van der Waals surface area contributed by atoms with Crippen molar-refractivity contribution in [1.82, 2.24) is 0 Å². The first-order valence-electron chi connectivity index (χ1n) is 4.23. The number of benzene rings is 1. The molecule has 1 aromatic carbocycles. The summed E-state index contributed by atoms with van der Waals surface area (Å²) in [7, 11) is 0. The van der Waals surface area contributed by atoms with Crippen molar-refractivity contribution in [3.8, 4) is 5.75 Å². The van der Waals surface area contributed by atoms with Crippen LogP contribution < -0.4 is 4.74 Å². The average Bonchev–Trinajstić information content (AvgIpc) is 2.10. The molecule has 0 saturated carbocycles. The van der Waals surface area contributed by atoms with Crippen molar-refractivity contribution < 1.29 is 27.8 Å². The molecule has 0 heterocycles. The number of carboxylic acids is 1. The summed E-state index contributed by atoms with van der Waals surface area (Å²) in [6.07, 6.45) is -2.74. The number of hydrogen-bond donors (Lipinski definition) is 1. The predicted octanol–water partition coefficient (Wildman–Crippen LogP) is 3.29. The predicted molar refractivity (Wildman–Crippen MR) is 62.5 cm³/mol. The van der Waals surface area contributed by atoms with Crippen molar-refractivity contribution >= 4 is 34.6 Å². The second-order valence-corrected chi connectivity index (χ2v) is 4.19. The second-order valence-electron chi connectivity index (χ2n) is 2.94. The van der Waals surface area contributed by atoms with Crippen LogP contribution in [0.25, 0.3) is 6.08 Å². The quantitative estimate of drug-likeness (QED) is 0.667. The lowest BCUT2D eigenvalue weighted by molar-refractivity contribution is -0.274. The molecule has 0 aromatic heterocycles. The molecular formula is C10H6F3IO3. The van der Waals surface area contributed by atoms with E-state index in [1.807, 2.05) is 22.6 Å². The van der Waals surface area contributed by atoms with Crippen LogP contribution in [0.15, 0.2) is 24.3 Å². The van der Waals surface area contributed by atoms with Crippen molar-refractivity contribution in [3.05, 3.63) is 33.4 Å². The third-order valence-electron chi connectivity index (χ3n) is 1.55. The topological polar surface area (TPSA) is 46.5 Å². The lowest BCUT2D eigenvalue weighted by Gasteiger charge is -2.09. The molecular weight excluding hydrogens is 352 g/mol. The highest BCUT2D eigenvalue weighted by Gasteiger charge is 2.31. The summed E-state index contributed by atoms with van der Waals surface area (Å²) >= 11 is 1.81. The van der Waals surface area contributed by atoms with Gasteiger partial charge in [0.25, 0.3) is 0 Å². The number of rotatable bonds is 3. The van der Waals surface area contributed by atoms with Gasteiger partial charge in [-0.2, -0.15) is 0 Å². The molecule has 0 fully saturated rings. The summed E-state index contributed by atoms with van der Waals surface area (Å²) < 4.78 is 40.2. The SMILES string of the molecule is O=C(O)/C=C/c1cc(I)cc(OC(F)(F)F)c1. The molecule has 1 aromatic rings. The summed E-state index contributed by atoms with van der Waals surface area (Å²) in [5.74, 6) is -1.56. The van der Waals surface area contributed by atoms with Gasteiger partial charge in [0.15, 0.2) is 0 Å². The van der Waals surface area contributed by atoms with Crippen molar-refractivity contribution in [3.63, 3.8) is 0 Å². The van der Waals surface area contributed by atoms with Crippen molar-refractivity contribution in [2.24, 2.45) is 0 Å². The number of carbonyl (C=O) groups is 1. The molecule has 0 aliphatic carbocycles. The molecule has 0 aliphatic heterocycles. The Bertz CT molecular complexity index is 455. The van der Waals surface area contributed by atoms with Gasteiger partial charge >= 0.3 is 12.3 Å². The van der Waals surface area contributed by atoms with Crippen molar-refractivity contribution in [2.75, 3.05) is 0 Å². The minimum absolute atomic E-state index is 0.318. The number of aliphatic carboxylic acids is 1. The molecule has 0 amide bonds. The Morgan fingerprint density at radius 1 is 1.35 bits per heavy atom. The maximum atomic E-state index is 12.0. The molecule has 0 spiro atoms. The number of ether oxygens (including phenoxy) is 1. The molecule has 0 unspecified atom stereocenters. The molecule has 92 valence electrons. The lowest BCUT2D eigenvalue weighted by Crippen LogP contribution is -2.17. The fourth-order valence-electron chi connectivity index (χ4n) is 1.04. The largest absolute Gasteiger partial charge is 0.573 e. The maximum Gasteiger partial charge on any atom is 0.573 e. The normalized spacial score (nSPS) is 11.8. The smallest absolute Gasteiger partial charge is 0.478 e. The standard InChI is InChI=1S/C10H6F3IO3/c11-10(12,13)17-8-4-6(1-2-9(15)16)3-7(14)5-8/h1-5H,(H,15,16)/b2-1+. The van der Waals surface area contributed by atoms with Gasteiger partial charge in [-0.1, -0.05) is 0 Å². The minimum Gasteiger partial charge on any atom is -0.478 e. The van der Waals surface area contributed by atoms with E-state index in [0.29, 0.717) is 9.13 Å². The van der Waals surface area contributed by atoms with Gasteiger partial charge in [-0.25, -0.2) is 4.79 Å². The van der Waals surface area contributed by atoms with Gasteiger partial charge in [-0.15, -0.1) is 13.2 Å². The Morgan fingerprint density at radius 3 is 2.53 bits per heavy atom. The Kier molecular flexibility index (Phi) is 4.38. The highest BCUT2D eigenvalue weighted by molar-refractivity contribution is 14.1. The van der Waals surface area contributed by atoms with Gasteiger partial charge in [-0.3, -0.25) is 0 Å². The summed E-state index contributed by atoms with van der Waals surface area (Å²) in [6, 6.07) is 3.84. The summed E-state index contributed by atoms with van der Waals surface area (Å²) in [5, 5.41) is 8.40. The van der Waals surface area contributed by atoms with Gasteiger partial charge in [-0.05, 0) is 52.4 Å². The third kappa shape index (κ3) is 5.57. The molecule has 0 bridgehead atoms. The van der Waals surface area contributed by atoms with Crippen LogP contribution >= 0.6 is 22.6 Å². The van der Waals surface area contributed by atoms with Crippen LogP contribution in [0.1, 0.15) is 5.56 Å². The molecule has 1 rings (SSSR count). The van der Waals surface area contributed by atoms with Crippen LogP contribution in [0, 0.1) is 3.57 Å². The molecule has 17 heavy (non-hydrogen) atoms. The zero-order valence-corrected chi connectivity index (χ0v) is 10.3. The molecule has 0 saturated heterocycles. The zero-order chi connectivity index (χ0) is 13.1. The van der Waals surface area contributed by atoms with Gasteiger partial charge in [0.05, 0.1) is 0 Å². The van der Waals surface area contributed by atoms with Crippen molar-refractivity contribution in [2.45, 2.75) is 6.36 Å². The van der Waals surface area contributed by atoms with Crippen LogP contribution in [0.4, 0.5) is 13.2 Å². The minimum atomic E-state index is -4.77. The average molecular weight is 358 g/mol. The highest BCUT2D eigenvalue weighted by atomic mass is 127. The van der Waals surface area contributed by atoms with Crippen LogP contribution in [0.5, 0.6) is 5.75 Å². The molecule has 0 atom stereocenters. The van der Waals surface area contributed by atoms with E-state index in [1.54, 1.807) is 0 Å². The third-order valence-corrected chi connectivity index (χ3v) is 2.17. The molecule has 1 N–H and O–H groups in total. The van der Waals surface area contributed by atoms with Crippen LogP contribution in [-0.2, 0) is 4.79 Å². The van der Waals surface area contributed by atoms with E-state index in [4.69, 9.17) is 5.11 Å². The van der Waals surface area contributed by atoms with Gasteiger partial charge in [0.1, 0.15) is 5.75 Å². The summed E-state index contributed by atoms with van der Waals surface area (Å²) in [5.41, 5.74) is 0.318. The Labute approximate surface area is 108 Å². The molecule has 7 heteroatoms. The van der Waals surface area contributed by atoms with Gasteiger partial charge in [0, 0.05) is 9.65 Å². The second kappa shape index (κ2) is 5.39. The van der Waals surface area contributed by atoms with E-state index >= 15 is 0 Å². The maximum absolute atomic E-state index is 12.0. The van der Waals surface area contributed by atoms with Crippen molar-refractivity contribution in [1.29, 1.82) is 0 Å². The first kappa shape index (κ1) is 13.8. The number of alkyl halides is 3. The lowest BCUT2D eigenvalue weighted by atomic mass is 10.2. The van der Waals surface area contributed by atoms with E-state index < -0.39 is 12.3 Å². The molecule has 3 nitrogen and oxygen atoms in total. The van der Waals surface area contributed by atoms with E-state index in [2.05, 4.69) is 4.74 Å². The van der Waals surface area contributed by atoms with E-state index in [9.17, 15) is 18.0 Å². The highest BCUT2D eigenvalue weighted by Crippen LogP contribution is 2.26. The van der Waals surface area contributed by atoms with E-state index in [0.717, 1.165) is 12.1 Å². The van der Waals surface area contributed by atoms with E-state index in [1.165, 1.54) is 18.2 Å². The van der Waals surface area contributed by atoms with Crippen LogP contribution in [0.3, 0.4) is 0 Å². The number of halogens is 4. The Morgan fingerprint density at radius 2 is 2.00 bits per heavy atom. The van der Waals surface area contributed by atoms with Crippen LogP contribution in [-0.4, -0.2) is 17.4 Å². The van der Waals surface area contributed by atoms with Gasteiger partial charge < -0.3 is 9.84 Å². The fourth-order valence-corrected chi connectivity index (χ4v) is 1.71. The zero-order valence-electron chi connectivity index (χ0n) is 8.16. The number of carboxylic acid groups (broad SMARTS) is 1. The monoisotopic (exact) mass is 358 g/mol. The van der Waals surface area contributed by atoms with Gasteiger partial charge in [0.2, 0.25) is 0 Å². The summed E-state index contributed by atoms with van der Waals surface area (Å²) in [6.45, 7) is 0.